The van der Waals surface area contributed by atoms with Crippen molar-refractivity contribution < 1.29 is 0 Å². The van der Waals surface area contributed by atoms with Crippen LogP contribution in [-0.2, 0) is 0 Å². The lowest BCUT2D eigenvalue weighted by molar-refractivity contribution is 0.113. The van der Waals surface area contributed by atoms with Gasteiger partial charge in [0.2, 0.25) is 0 Å². The van der Waals surface area contributed by atoms with Crippen LogP contribution in [-0.4, -0.2) is 47.6 Å². The molecule has 0 radical (unpaired) electrons. The van der Waals surface area contributed by atoms with Gasteiger partial charge in [-0.05, 0) is 32.9 Å². The van der Waals surface area contributed by atoms with Crippen LogP contribution in [0.5, 0.6) is 0 Å². The summed E-state index contributed by atoms with van der Waals surface area (Å²) in [5.74, 6) is 0. The second-order valence-corrected chi connectivity index (χ2v) is 6.63. The Kier molecular flexibility index (Phi) is 3.63. The van der Waals surface area contributed by atoms with Crippen LogP contribution >= 0.6 is 11.8 Å². The lowest BCUT2D eigenvalue weighted by Gasteiger charge is -2.43. The molecule has 2 aliphatic rings. The molecule has 88 valence electrons. The molecule has 1 heterocycles. The van der Waals surface area contributed by atoms with Crippen molar-refractivity contribution in [3.63, 3.8) is 0 Å². The van der Waals surface area contributed by atoms with Crippen molar-refractivity contribution in [2.75, 3.05) is 25.9 Å². The standard InChI is InChI=1S/C12H24N2S/c1-12(2)9-14(8-7-13-12)10-5-4-6-11(10)15-3/h10-11,13H,4-9H2,1-3H3. The Morgan fingerprint density at radius 1 is 1.33 bits per heavy atom. The molecule has 1 aliphatic carbocycles. The molecule has 3 heteroatoms. The number of rotatable bonds is 2. The van der Waals surface area contributed by atoms with Crippen molar-refractivity contribution in [2.24, 2.45) is 0 Å². The molecule has 1 N–H and O–H groups in total. The van der Waals surface area contributed by atoms with Crippen LogP contribution in [0, 0.1) is 0 Å². The van der Waals surface area contributed by atoms with E-state index in [1.54, 1.807) is 0 Å². The average molecular weight is 228 g/mol. The quantitative estimate of drug-likeness (QED) is 0.778. The minimum Gasteiger partial charge on any atom is -0.309 e. The van der Waals surface area contributed by atoms with Gasteiger partial charge in [0, 0.05) is 36.5 Å². The maximum absolute atomic E-state index is 3.60. The van der Waals surface area contributed by atoms with Crippen molar-refractivity contribution in [2.45, 2.75) is 49.9 Å². The third-order valence-corrected chi connectivity index (χ3v) is 4.95. The predicted molar refractivity (Wildman–Crippen MR) is 68.6 cm³/mol. The summed E-state index contributed by atoms with van der Waals surface area (Å²) in [6, 6.07) is 0.848. The van der Waals surface area contributed by atoms with Crippen LogP contribution in [0.15, 0.2) is 0 Å². The summed E-state index contributed by atoms with van der Waals surface area (Å²) >= 11 is 2.07. The summed E-state index contributed by atoms with van der Waals surface area (Å²) in [6.07, 6.45) is 6.55. The maximum Gasteiger partial charge on any atom is 0.0252 e. The smallest absolute Gasteiger partial charge is 0.0252 e. The fourth-order valence-corrected chi connectivity index (χ4v) is 4.09. The molecule has 15 heavy (non-hydrogen) atoms. The third kappa shape index (κ3) is 2.69. The monoisotopic (exact) mass is 228 g/mol. The second-order valence-electron chi connectivity index (χ2n) is 5.55. The molecule has 1 aliphatic heterocycles. The molecule has 2 unspecified atom stereocenters. The van der Waals surface area contributed by atoms with Gasteiger partial charge in [-0.15, -0.1) is 0 Å². The summed E-state index contributed by atoms with van der Waals surface area (Å²) in [4.78, 5) is 2.73. The minimum atomic E-state index is 0.309. The lowest BCUT2D eigenvalue weighted by Crippen LogP contribution is -2.60. The van der Waals surface area contributed by atoms with Crippen LogP contribution in [0.2, 0.25) is 0 Å². The minimum absolute atomic E-state index is 0.309. The normalized spacial score (nSPS) is 37.0. The lowest BCUT2D eigenvalue weighted by atomic mass is 10.00. The van der Waals surface area contributed by atoms with Gasteiger partial charge in [-0.2, -0.15) is 11.8 Å². The Labute approximate surface area is 98.2 Å². The Morgan fingerprint density at radius 3 is 2.80 bits per heavy atom. The van der Waals surface area contributed by atoms with E-state index in [1.807, 2.05) is 0 Å². The summed E-state index contributed by atoms with van der Waals surface area (Å²) < 4.78 is 0. The van der Waals surface area contributed by atoms with Gasteiger partial charge in [0.25, 0.3) is 0 Å². The average Bonchev–Trinajstić information content (AvgIpc) is 2.63. The van der Waals surface area contributed by atoms with Gasteiger partial charge >= 0.3 is 0 Å². The van der Waals surface area contributed by atoms with E-state index in [1.165, 1.54) is 32.4 Å². The maximum atomic E-state index is 3.60. The van der Waals surface area contributed by atoms with E-state index in [0.29, 0.717) is 5.54 Å². The Balaban J connectivity index is 1.97. The number of hydrogen-bond donors (Lipinski definition) is 1. The van der Waals surface area contributed by atoms with E-state index in [-0.39, 0.29) is 0 Å². The van der Waals surface area contributed by atoms with Crippen LogP contribution in [0.1, 0.15) is 33.1 Å². The SMILES string of the molecule is CSC1CCCC1N1CCNC(C)(C)C1. The predicted octanol–water partition coefficient (Wildman–Crippen LogP) is 1.95. The molecule has 2 fully saturated rings. The molecule has 2 atom stereocenters. The third-order valence-electron chi connectivity index (χ3n) is 3.79. The van der Waals surface area contributed by atoms with Crippen LogP contribution in [0.3, 0.4) is 0 Å². The van der Waals surface area contributed by atoms with Crippen molar-refractivity contribution in [3.05, 3.63) is 0 Å². The number of hydrogen-bond acceptors (Lipinski definition) is 3. The molecule has 0 aromatic heterocycles. The first kappa shape index (κ1) is 11.7. The Hall–Kier alpha value is 0.270. The summed E-state index contributed by atoms with van der Waals surface area (Å²) in [6.45, 7) is 8.26. The van der Waals surface area contributed by atoms with Crippen molar-refractivity contribution in [1.82, 2.24) is 10.2 Å². The fourth-order valence-electron chi connectivity index (χ4n) is 3.06. The Bertz CT molecular complexity index is 218. The molecule has 1 saturated heterocycles. The van der Waals surface area contributed by atoms with Crippen molar-refractivity contribution in [1.29, 1.82) is 0 Å². The second kappa shape index (κ2) is 4.64. The van der Waals surface area contributed by atoms with Crippen LogP contribution in [0.4, 0.5) is 0 Å². The molecule has 2 nitrogen and oxygen atoms in total. The summed E-state index contributed by atoms with van der Waals surface area (Å²) in [5.41, 5.74) is 0.309. The highest BCUT2D eigenvalue weighted by molar-refractivity contribution is 7.99. The van der Waals surface area contributed by atoms with Crippen molar-refractivity contribution in [3.8, 4) is 0 Å². The molecule has 0 aromatic carbocycles. The van der Waals surface area contributed by atoms with Gasteiger partial charge in [0.15, 0.2) is 0 Å². The largest absolute Gasteiger partial charge is 0.309 e. The molecular weight excluding hydrogens is 204 g/mol. The summed E-state index contributed by atoms with van der Waals surface area (Å²) in [5, 5.41) is 4.48. The fraction of sp³-hybridized carbons (Fsp3) is 1.00. The number of piperazine rings is 1. The van der Waals surface area contributed by atoms with E-state index in [4.69, 9.17) is 0 Å². The van der Waals surface area contributed by atoms with Gasteiger partial charge < -0.3 is 5.32 Å². The van der Waals surface area contributed by atoms with Gasteiger partial charge in [-0.3, -0.25) is 4.90 Å². The molecule has 2 rings (SSSR count). The molecule has 0 bridgehead atoms. The highest BCUT2D eigenvalue weighted by atomic mass is 32.2. The Morgan fingerprint density at radius 2 is 2.13 bits per heavy atom. The topological polar surface area (TPSA) is 15.3 Å². The first-order valence-electron chi connectivity index (χ1n) is 6.14. The van der Waals surface area contributed by atoms with E-state index in [2.05, 4.69) is 42.1 Å². The highest BCUT2D eigenvalue weighted by Gasteiger charge is 2.36. The highest BCUT2D eigenvalue weighted by Crippen LogP contribution is 2.33. The zero-order valence-electron chi connectivity index (χ0n) is 10.3. The zero-order valence-corrected chi connectivity index (χ0v) is 11.1. The van der Waals surface area contributed by atoms with Crippen molar-refractivity contribution >= 4 is 11.8 Å². The number of thioether (sulfide) groups is 1. The first-order chi connectivity index (χ1) is 7.12. The van der Waals surface area contributed by atoms with E-state index in [0.717, 1.165) is 17.8 Å². The molecular formula is C12H24N2S. The molecule has 0 spiro atoms. The van der Waals surface area contributed by atoms with Gasteiger partial charge in [0.1, 0.15) is 0 Å². The summed E-state index contributed by atoms with van der Waals surface area (Å²) in [7, 11) is 0. The first-order valence-corrected chi connectivity index (χ1v) is 7.43. The van der Waals surface area contributed by atoms with E-state index < -0.39 is 0 Å². The number of nitrogens with one attached hydrogen (secondary N) is 1. The molecule has 1 saturated carbocycles. The van der Waals surface area contributed by atoms with Gasteiger partial charge in [-0.1, -0.05) is 6.42 Å². The number of nitrogens with zero attached hydrogens (tertiary/aromatic N) is 1. The van der Waals surface area contributed by atoms with Gasteiger partial charge in [0.05, 0.1) is 0 Å². The van der Waals surface area contributed by atoms with Crippen LogP contribution < -0.4 is 5.32 Å². The van der Waals surface area contributed by atoms with Crippen LogP contribution in [0.25, 0.3) is 0 Å². The van der Waals surface area contributed by atoms with E-state index in [9.17, 15) is 0 Å². The zero-order chi connectivity index (χ0) is 10.9. The van der Waals surface area contributed by atoms with E-state index >= 15 is 0 Å². The van der Waals surface area contributed by atoms with Gasteiger partial charge in [-0.25, -0.2) is 0 Å². The molecule has 0 aromatic rings. The molecule has 0 amide bonds.